The lowest BCUT2D eigenvalue weighted by Crippen LogP contribution is -2.20. The van der Waals surface area contributed by atoms with Gasteiger partial charge in [-0.3, -0.25) is 9.78 Å². The van der Waals surface area contributed by atoms with Crippen LogP contribution in [0.3, 0.4) is 0 Å². The van der Waals surface area contributed by atoms with E-state index in [0.717, 1.165) is 48.6 Å². The van der Waals surface area contributed by atoms with Crippen LogP contribution in [0.2, 0.25) is 5.02 Å². The molecule has 0 unspecified atom stereocenters. The summed E-state index contributed by atoms with van der Waals surface area (Å²) in [7, 11) is 0. The van der Waals surface area contributed by atoms with Gasteiger partial charge in [-0.2, -0.15) is 0 Å². The fourth-order valence-electron chi connectivity index (χ4n) is 5.33. The van der Waals surface area contributed by atoms with E-state index in [1.54, 1.807) is 30.5 Å². The van der Waals surface area contributed by atoms with Gasteiger partial charge in [0.05, 0.1) is 5.52 Å². The number of aromatic nitrogens is 1. The molecule has 0 N–H and O–H groups in total. The van der Waals surface area contributed by atoms with Gasteiger partial charge in [0.2, 0.25) is 0 Å². The molecule has 2 fully saturated rings. The second-order valence-electron chi connectivity index (χ2n) is 8.83. The van der Waals surface area contributed by atoms with Gasteiger partial charge in [0.25, 0.3) is 0 Å². The van der Waals surface area contributed by atoms with Gasteiger partial charge in [0, 0.05) is 28.9 Å². The molecular formula is C25H22ClF2NO. The standard InChI is InChI=1S/C25H22ClF2NO/c26-17-2-1-16(22(28)12-17)11-24(30)21-14-25(21)8-5-15(6-9-25)19-7-10-29-23-4-3-18(27)13-20(19)23/h1-4,7,10,12-13,15,21H,5-6,8-9,11,14H2/t15?,21-,25?/m1/s1. The minimum Gasteiger partial charge on any atom is -0.299 e. The first-order chi connectivity index (χ1) is 14.4. The van der Waals surface area contributed by atoms with Crippen LogP contribution in [0.4, 0.5) is 8.78 Å². The average Bonchev–Trinajstić information content (AvgIpc) is 3.44. The summed E-state index contributed by atoms with van der Waals surface area (Å²) in [6, 6.07) is 11.2. The zero-order valence-electron chi connectivity index (χ0n) is 16.5. The molecule has 0 aliphatic heterocycles. The van der Waals surface area contributed by atoms with E-state index in [-0.39, 0.29) is 29.4 Å². The zero-order chi connectivity index (χ0) is 20.9. The van der Waals surface area contributed by atoms with Crippen LogP contribution in [0.5, 0.6) is 0 Å². The van der Waals surface area contributed by atoms with E-state index < -0.39 is 5.82 Å². The summed E-state index contributed by atoms with van der Waals surface area (Å²) in [5.41, 5.74) is 2.47. The van der Waals surface area contributed by atoms with Crippen LogP contribution in [0.1, 0.15) is 49.1 Å². The number of carbonyl (C=O) groups excluding carboxylic acids is 1. The lowest BCUT2D eigenvalue weighted by atomic mass is 9.74. The van der Waals surface area contributed by atoms with Crippen molar-refractivity contribution in [2.45, 2.75) is 44.4 Å². The Balaban J connectivity index is 1.27. The highest BCUT2D eigenvalue weighted by Crippen LogP contribution is 2.63. The summed E-state index contributed by atoms with van der Waals surface area (Å²) in [5, 5.41) is 1.23. The van der Waals surface area contributed by atoms with E-state index >= 15 is 0 Å². The third-order valence-corrected chi connectivity index (χ3v) is 7.35. The molecule has 0 amide bonds. The lowest BCUT2D eigenvalue weighted by Gasteiger charge is -2.30. The molecule has 2 nitrogen and oxygen atoms in total. The summed E-state index contributed by atoms with van der Waals surface area (Å²) in [5.74, 6) is -0.142. The summed E-state index contributed by atoms with van der Waals surface area (Å²) >= 11 is 5.80. The number of hydrogen-bond donors (Lipinski definition) is 0. The molecule has 1 spiro atoms. The summed E-state index contributed by atoms with van der Waals surface area (Å²) in [4.78, 5) is 17.2. The highest BCUT2D eigenvalue weighted by atomic mass is 35.5. The monoisotopic (exact) mass is 425 g/mol. The molecule has 2 saturated carbocycles. The number of ketones is 1. The fraction of sp³-hybridized carbons (Fsp3) is 0.360. The van der Waals surface area contributed by atoms with Crippen LogP contribution in [-0.4, -0.2) is 10.8 Å². The van der Waals surface area contributed by atoms with Crippen molar-refractivity contribution in [2.75, 3.05) is 0 Å². The van der Waals surface area contributed by atoms with Gasteiger partial charge in [-0.15, -0.1) is 0 Å². The first-order valence-corrected chi connectivity index (χ1v) is 10.8. The zero-order valence-corrected chi connectivity index (χ0v) is 17.3. The van der Waals surface area contributed by atoms with Crippen molar-refractivity contribution in [2.24, 2.45) is 11.3 Å². The number of halogens is 3. The van der Waals surface area contributed by atoms with Gasteiger partial charge in [-0.1, -0.05) is 17.7 Å². The van der Waals surface area contributed by atoms with E-state index in [0.29, 0.717) is 16.5 Å². The maximum absolute atomic E-state index is 14.1. The maximum atomic E-state index is 14.1. The van der Waals surface area contributed by atoms with Gasteiger partial charge >= 0.3 is 0 Å². The first kappa shape index (κ1) is 19.6. The molecule has 1 aromatic heterocycles. The molecule has 2 aromatic carbocycles. The number of nitrogens with zero attached hydrogens (tertiary/aromatic N) is 1. The van der Waals surface area contributed by atoms with Crippen LogP contribution in [0.15, 0.2) is 48.7 Å². The molecule has 0 radical (unpaired) electrons. The molecule has 3 aromatic rings. The van der Waals surface area contributed by atoms with Crippen molar-refractivity contribution in [3.8, 4) is 0 Å². The largest absolute Gasteiger partial charge is 0.299 e. The van der Waals surface area contributed by atoms with E-state index in [4.69, 9.17) is 11.6 Å². The van der Waals surface area contributed by atoms with Crippen molar-refractivity contribution < 1.29 is 13.6 Å². The average molecular weight is 426 g/mol. The van der Waals surface area contributed by atoms with Crippen molar-refractivity contribution in [1.82, 2.24) is 4.98 Å². The molecule has 1 heterocycles. The molecule has 5 heteroatoms. The molecule has 0 bridgehead atoms. The van der Waals surface area contributed by atoms with Crippen molar-refractivity contribution in [3.63, 3.8) is 0 Å². The third-order valence-electron chi connectivity index (χ3n) is 7.12. The number of benzene rings is 2. The van der Waals surface area contributed by atoms with E-state index in [9.17, 15) is 13.6 Å². The fourth-order valence-corrected chi connectivity index (χ4v) is 5.49. The molecule has 30 heavy (non-hydrogen) atoms. The highest BCUT2D eigenvalue weighted by molar-refractivity contribution is 6.30. The number of pyridine rings is 1. The van der Waals surface area contributed by atoms with Crippen molar-refractivity contribution >= 4 is 28.3 Å². The van der Waals surface area contributed by atoms with E-state index in [1.165, 1.54) is 12.1 Å². The van der Waals surface area contributed by atoms with Crippen LogP contribution in [0.25, 0.3) is 10.9 Å². The number of hydrogen-bond acceptors (Lipinski definition) is 2. The van der Waals surface area contributed by atoms with E-state index in [2.05, 4.69) is 4.98 Å². The number of Topliss-reactive ketones (excluding diaryl/α,β-unsaturated/α-hetero) is 1. The molecule has 2 aliphatic rings. The first-order valence-electron chi connectivity index (χ1n) is 10.5. The van der Waals surface area contributed by atoms with Gasteiger partial charge < -0.3 is 0 Å². The Labute approximate surface area is 179 Å². The van der Waals surface area contributed by atoms with Gasteiger partial charge in [-0.25, -0.2) is 8.78 Å². The third kappa shape index (κ3) is 3.51. The Bertz CT molecular complexity index is 1140. The summed E-state index contributed by atoms with van der Waals surface area (Å²) in [6.45, 7) is 0. The van der Waals surface area contributed by atoms with E-state index in [1.807, 2.05) is 6.07 Å². The van der Waals surface area contributed by atoms with Crippen LogP contribution in [-0.2, 0) is 11.2 Å². The minimum absolute atomic E-state index is 0.0279. The minimum atomic E-state index is -0.411. The molecule has 0 saturated heterocycles. The van der Waals surface area contributed by atoms with Crippen LogP contribution >= 0.6 is 11.6 Å². The molecule has 154 valence electrons. The summed E-state index contributed by atoms with van der Waals surface area (Å²) < 4.78 is 27.8. The Morgan fingerprint density at radius 2 is 1.90 bits per heavy atom. The van der Waals surface area contributed by atoms with Crippen LogP contribution < -0.4 is 0 Å². The van der Waals surface area contributed by atoms with Crippen molar-refractivity contribution in [3.05, 3.63) is 76.4 Å². The predicted octanol–water partition coefficient (Wildman–Crippen LogP) is 6.64. The lowest BCUT2D eigenvalue weighted by molar-refractivity contribution is -0.120. The Morgan fingerprint density at radius 1 is 1.10 bits per heavy atom. The smallest absolute Gasteiger partial charge is 0.141 e. The normalized spacial score (nSPS) is 25.6. The maximum Gasteiger partial charge on any atom is 0.141 e. The second-order valence-corrected chi connectivity index (χ2v) is 9.27. The van der Waals surface area contributed by atoms with Gasteiger partial charge in [0.1, 0.15) is 17.4 Å². The predicted molar refractivity (Wildman–Crippen MR) is 114 cm³/mol. The molecule has 1 atom stereocenters. The second kappa shape index (κ2) is 7.42. The Hall–Kier alpha value is -2.33. The Kier molecular flexibility index (Phi) is 4.85. The number of fused-ring (bicyclic) bond motifs is 1. The molecular weight excluding hydrogens is 404 g/mol. The van der Waals surface area contributed by atoms with Gasteiger partial charge in [-0.05, 0) is 91.0 Å². The summed E-state index contributed by atoms with van der Waals surface area (Å²) in [6.07, 6.45) is 6.76. The number of carbonyl (C=O) groups is 1. The SMILES string of the molecule is O=C(Cc1ccc(Cl)cc1F)[C@H]1CC12CCC(c1ccnc3ccc(F)cc13)CC2. The Morgan fingerprint density at radius 3 is 2.67 bits per heavy atom. The number of rotatable bonds is 4. The van der Waals surface area contributed by atoms with Crippen LogP contribution in [0, 0.1) is 23.0 Å². The highest BCUT2D eigenvalue weighted by Gasteiger charge is 2.57. The molecule has 5 rings (SSSR count). The topological polar surface area (TPSA) is 30.0 Å². The molecule has 2 aliphatic carbocycles. The quantitative estimate of drug-likeness (QED) is 0.468. The van der Waals surface area contributed by atoms with Gasteiger partial charge in [0.15, 0.2) is 0 Å². The van der Waals surface area contributed by atoms with Crippen molar-refractivity contribution in [1.29, 1.82) is 0 Å².